The molecule has 0 fully saturated rings. The molecular formula is C15H20NO5P. The Balaban J connectivity index is 2.14. The number of rotatable bonds is 8. The van der Waals surface area contributed by atoms with Gasteiger partial charge in [-0.3, -0.25) is 4.57 Å². The second-order valence-corrected chi connectivity index (χ2v) is 6.57. The Hall–Kier alpha value is -1.62. The van der Waals surface area contributed by atoms with E-state index in [1.165, 1.54) is 0 Å². The van der Waals surface area contributed by atoms with Crippen LogP contribution in [0.5, 0.6) is 5.75 Å². The molecule has 0 aliphatic heterocycles. The van der Waals surface area contributed by atoms with Gasteiger partial charge in [0.15, 0.2) is 0 Å². The van der Waals surface area contributed by atoms with Crippen molar-refractivity contribution in [3.63, 3.8) is 0 Å². The van der Waals surface area contributed by atoms with Gasteiger partial charge in [-0.15, -0.1) is 0 Å². The maximum absolute atomic E-state index is 12.5. The third-order valence-electron chi connectivity index (χ3n) is 2.95. The summed E-state index contributed by atoms with van der Waals surface area (Å²) in [6.07, 6.45) is 0.0673. The highest BCUT2D eigenvalue weighted by Crippen LogP contribution is 2.51. The summed E-state index contributed by atoms with van der Waals surface area (Å²) >= 11 is 0. The first-order chi connectivity index (χ1) is 10.6. The molecule has 0 saturated heterocycles. The zero-order chi connectivity index (χ0) is 16.0. The molecule has 0 bridgehead atoms. The van der Waals surface area contributed by atoms with Gasteiger partial charge in [0.05, 0.1) is 20.3 Å². The lowest BCUT2D eigenvalue weighted by Crippen LogP contribution is -1.98. The Labute approximate surface area is 129 Å². The molecule has 2 rings (SSSR count). The topological polar surface area (TPSA) is 70.8 Å². The molecular weight excluding hydrogens is 305 g/mol. The van der Waals surface area contributed by atoms with Crippen LogP contribution in [0.4, 0.5) is 0 Å². The first-order valence-corrected chi connectivity index (χ1v) is 8.81. The summed E-state index contributed by atoms with van der Waals surface area (Å²) in [5.41, 5.74) is 1.55. The minimum Gasteiger partial charge on any atom is -0.497 e. The number of methoxy groups -OCH3 is 1. The van der Waals surface area contributed by atoms with Gasteiger partial charge in [-0.25, -0.2) is 0 Å². The fourth-order valence-electron chi connectivity index (χ4n) is 2.00. The fourth-order valence-corrected chi connectivity index (χ4v) is 3.57. The minimum atomic E-state index is -3.19. The Morgan fingerprint density at radius 1 is 1.14 bits per heavy atom. The average Bonchev–Trinajstić information content (AvgIpc) is 2.96. The molecule has 0 amide bonds. The largest absolute Gasteiger partial charge is 0.497 e. The van der Waals surface area contributed by atoms with Gasteiger partial charge in [-0.1, -0.05) is 5.16 Å². The van der Waals surface area contributed by atoms with Crippen LogP contribution < -0.4 is 4.74 Å². The molecule has 0 aliphatic carbocycles. The molecule has 1 aromatic carbocycles. The van der Waals surface area contributed by atoms with Gasteiger partial charge in [-0.2, -0.15) is 0 Å². The van der Waals surface area contributed by atoms with Crippen LogP contribution in [-0.2, 0) is 19.8 Å². The third-order valence-corrected chi connectivity index (χ3v) is 4.95. The Morgan fingerprint density at radius 2 is 1.77 bits per heavy atom. The molecule has 0 atom stereocenters. The van der Waals surface area contributed by atoms with Crippen molar-refractivity contribution in [3.05, 3.63) is 36.1 Å². The molecule has 120 valence electrons. The van der Waals surface area contributed by atoms with Crippen LogP contribution in [0.1, 0.15) is 19.6 Å². The van der Waals surface area contributed by atoms with E-state index >= 15 is 0 Å². The molecule has 0 spiro atoms. The molecule has 7 heteroatoms. The van der Waals surface area contributed by atoms with Crippen molar-refractivity contribution in [1.29, 1.82) is 0 Å². The van der Waals surface area contributed by atoms with E-state index < -0.39 is 7.60 Å². The molecule has 0 aliphatic rings. The quantitative estimate of drug-likeness (QED) is 0.680. The van der Waals surface area contributed by atoms with Crippen LogP contribution in [0.15, 0.2) is 34.9 Å². The van der Waals surface area contributed by atoms with E-state index in [1.807, 2.05) is 24.3 Å². The average molecular weight is 325 g/mol. The molecule has 1 aromatic heterocycles. The number of ether oxygens (including phenoxy) is 1. The number of benzene rings is 1. The lowest BCUT2D eigenvalue weighted by Gasteiger charge is -2.14. The molecule has 0 saturated carbocycles. The smallest absolute Gasteiger partial charge is 0.338 e. The zero-order valence-electron chi connectivity index (χ0n) is 12.9. The van der Waals surface area contributed by atoms with Crippen molar-refractivity contribution in [1.82, 2.24) is 5.16 Å². The van der Waals surface area contributed by atoms with Crippen LogP contribution in [0.2, 0.25) is 0 Å². The Morgan fingerprint density at radius 3 is 2.32 bits per heavy atom. The number of hydrogen-bond acceptors (Lipinski definition) is 6. The maximum atomic E-state index is 12.5. The Bertz CT molecular complexity index is 628. The van der Waals surface area contributed by atoms with E-state index in [2.05, 4.69) is 5.16 Å². The van der Waals surface area contributed by atoms with Crippen LogP contribution in [-0.4, -0.2) is 25.5 Å². The van der Waals surface area contributed by atoms with E-state index in [0.29, 0.717) is 24.7 Å². The van der Waals surface area contributed by atoms with Gasteiger partial charge in [0, 0.05) is 11.6 Å². The SMILES string of the molecule is CCOP(=O)(Cc1cc(-c2ccc(OC)cc2)no1)OCC. The van der Waals surface area contributed by atoms with Gasteiger partial charge in [0.2, 0.25) is 0 Å². The molecule has 2 aromatic rings. The monoisotopic (exact) mass is 325 g/mol. The number of hydrogen-bond donors (Lipinski definition) is 0. The first kappa shape index (κ1) is 16.7. The number of nitrogens with zero attached hydrogens (tertiary/aromatic N) is 1. The molecule has 0 radical (unpaired) electrons. The molecule has 22 heavy (non-hydrogen) atoms. The van der Waals surface area contributed by atoms with Gasteiger partial charge >= 0.3 is 7.60 Å². The molecule has 0 unspecified atom stereocenters. The van der Waals surface area contributed by atoms with E-state index in [9.17, 15) is 4.57 Å². The molecule has 0 N–H and O–H groups in total. The van der Waals surface area contributed by atoms with Crippen molar-refractivity contribution in [2.75, 3.05) is 20.3 Å². The van der Waals surface area contributed by atoms with Gasteiger partial charge in [0.25, 0.3) is 0 Å². The highest BCUT2D eigenvalue weighted by molar-refractivity contribution is 7.53. The third kappa shape index (κ3) is 4.19. The molecule has 6 nitrogen and oxygen atoms in total. The highest BCUT2D eigenvalue weighted by atomic mass is 31.2. The predicted molar refractivity (Wildman–Crippen MR) is 83.1 cm³/mol. The summed E-state index contributed by atoms with van der Waals surface area (Å²) in [6, 6.07) is 9.19. The summed E-state index contributed by atoms with van der Waals surface area (Å²) < 4.78 is 33.3. The second-order valence-electron chi connectivity index (χ2n) is 4.51. The van der Waals surface area contributed by atoms with E-state index in [4.69, 9.17) is 18.3 Å². The maximum Gasteiger partial charge on any atom is 0.338 e. The van der Waals surface area contributed by atoms with E-state index in [0.717, 1.165) is 11.3 Å². The van der Waals surface area contributed by atoms with E-state index in [1.54, 1.807) is 27.0 Å². The summed E-state index contributed by atoms with van der Waals surface area (Å²) in [5.74, 6) is 1.24. The van der Waals surface area contributed by atoms with Crippen molar-refractivity contribution < 1.29 is 22.9 Å². The minimum absolute atomic E-state index is 0.0673. The van der Waals surface area contributed by atoms with Crippen LogP contribution in [0.3, 0.4) is 0 Å². The van der Waals surface area contributed by atoms with Gasteiger partial charge < -0.3 is 18.3 Å². The Kier molecular flexibility index (Phi) is 5.77. The summed E-state index contributed by atoms with van der Waals surface area (Å²) in [5, 5.41) is 4.00. The highest BCUT2D eigenvalue weighted by Gasteiger charge is 2.26. The van der Waals surface area contributed by atoms with Crippen molar-refractivity contribution >= 4 is 7.60 Å². The van der Waals surface area contributed by atoms with Crippen molar-refractivity contribution in [2.24, 2.45) is 0 Å². The predicted octanol–water partition coefficient (Wildman–Crippen LogP) is 4.12. The van der Waals surface area contributed by atoms with Gasteiger partial charge in [-0.05, 0) is 38.1 Å². The summed E-state index contributed by atoms with van der Waals surface area (Å²) in [6.45, 7) is 4.18. The second kappa shape index (κ2) is 7.58. The lowest BCUT2D eigenvalue weighted by atomic mass is 10.1. The van der Waals surface area contributed by atoms with Crippen LogP contribution >= 0.6 is 7.60 Å². The van der Waals surface area contributed by atoms with Crippen LogP contribution in [0, 0.1) is 0 Å². The van der Waals surface area contributed by atoms with Crippen molar-refractivity contribution in [3.8, 4) is 17.0 Å². The zero-order valence-corrected chi connectivity index (χ0v) is 13.8. The van der Waals surface area contributed by atoms with Crippen LogP contribution in [0.25, 0.3) is 11.3 Å². The van der Waals surface area contributed by atoms with Crippen molar-refractivity contribution in [2.45, 2.75) is 20.0 Å². The number of aromatic nitrogens is 1. The first-order valence-electron chi connectivity index (χ1n) is 7.08. The fraction of sp³-hybridized carbons (Fsp3) is 0.400. The van der Waals surface area contributed by atoms with Gasteiger partial charge in [0.1, 0.15) is 23.4 Å². The molecule has 1 heterocycles. The summed E-state index contributed by atoms with van der Waals surface area (Å²) in [7, 11) is -1.57. The summed E-state index contributed by atoms with van der Waals surface area (Å²) in [4.78, 5) is 0. The normalized spacial score (nSPS) is 11.6. The van der Waals surface area contributed by atoms with E-state index in [-0.39, 0.29) is 6.16 Å². The standard InChI is InChI=1S/C15H20NO5P/c1-4-19-22(17,20-5-2)11-14-10-15(16-21-14)12-6-8-13(18-3)9-7-12/h6-10H,4-5,11H2,1-3H3. The lowest BCUT2D eigenvalue weighted by molar-refractivity contribution is 0.216.